The van der Waals surface area contributed by atoms with E-state index in [9.17, 15) is 13.2 Å². The molecule has 0 N–H and O–H groups in total. The molecule has 26 heavy (non-hydrogen) atoms. The number of carbonyl (C=O) groups is 1. The van der Waals surface area contributed by atoms with Crippen molar-refractivity contribution in [1.29, 1.82) is 0 Å². The van der Waals surface area contributed by atoms with Crippen molar-refractivity contribution in [1.82, 2.24) is 14.7 Å². The van der Waals surface area contributed by atoms with Crippen molar-refractivity contribution in [3.05, 3.63) is 48.1 Å². The van der Waals surface area contributed by atoms with Gasteiger partial charge in [-0.25, -0.2) is 8.42 Å². The van der Waals surface area contributed by atoms with Crippen LogP contribution in [0.15, 0.2) is 51.1 Å². The second-order valence-electron chi connectivity index (χ2n) is 6.46. The standard InChI is InChI=1S/C17H22N4O4S/c1-19(2)7-8-21(13-15-4-3-10-25-15)17(22)14-5-6-16-18-26(23,24)11-9-20(16)12-14/h3-6,10,12H,7-9,11,13H2,1-2H3. The van der Waals surface area contributed by atoms with Gasteiger partial charge in [0.05, 0.1) is 24.1 Å². The number of amides is 1. The first-order chi connectivity index (χ1) is 12.3. The molecule has 0 saturated heterocycles. The normalized spacial score (nSPS) is 18.3. The second-order valence-corrected chi connectivity index (χ2v) is 8.21. The number of hydrogen-bond donors (Lipinski definition) is 0. The zero-order valence-electron chi connectivity index (χ0n) is 14.8. The molecule has 0 aliphatic carbocycles. The Bertz CT molecular complexity index is 853. The largest absolute Gasteiger partial charge is 0.467 e. The van der Waals surface area contributed by atoms with Crippen molar-refractivity contribution in [3.8, 4) is 0 Å². The second kappa shape index (κ2) is 7.46. The fraction of sp³-hybridized carbons (Fsp3) is 0.412. The molecule has 8 nitrogen and oxygen atoms in total. The predicted molar refractivity (Wildman–Crippen MR) is 97.8 cm³/mol. The Labute approximate surface area is 153 Å². The van der Waals surface area contributed by atoms with Crippen LogP contribution in [0.5, 0.6) is 0 Å². The van der Waals surface area contributed by atoms with E-state index in [1.54, 1.807) is 40.5 Å². The molecule has 0 unspecified atom stereocenters. The van der Waals surface area contributed by atoms with Crippen LogP contribution < -0.4 is 0 Å². The zero-order valence-corrected chi connectivity index (χ0v) is 15.6. The number of hydrogen-bond acceptors (Lipinski definition) is 6. The number of amidine groups is 1. The monoisotopic (exact) mass is 378 g/mol. The Morgan fingerprint density at radius 1 is 1.31 bits per heavy atom. The summed E-state index contributed by atoms with van der Waals surface area (Å²) in [6.07, 6.45) is 6.44. The maximum absolute atomic E-state index is 13.0. The average Bonchev–Trinajstić information content (AvgIpc) is 3.09. The topological polar surface area (TPSA) is 86.4 Å². The molecule has 0 atom stereocenters. The van der Waals surface area contributed by atoms with E-state index >= 15 is 0 Å². The Balaban J connectivity index is 1.78. The first kappa shape index (κ1) is 18.4. The summed E-state index contributed by atoms with van der Waals surface area (Å²) in [7, 11) is 0.494. The summed E-state index contributed by atoms with van der Waals surface area (Å²) >= 11 is 0. The van der Waals surface area contributed by atoms with Gasteiger partial charge in [-0.15, -0.1) is 4.40 Å². The Morgan fingerprint density at radius 2 is 2.12 bits per heavy atom. The third-order valence-electron chi connectivity index (χ3n) is 4.10. The summed E-state index contributed by atoms with van der Waals surface area (Å²) in [5.74, 6) is 0.869. The molecule has 0 bridgehead atoms. The number of fused-ring (bicyclic) bond motifs is 1. The van der Waals surface area contributed by atoms with E-state index in [1.807, 2.05) is 25.1 Å². The molecule has 1 amide bonds. The molecule has 0 radical (unpaired) electrons. The smallest absolute Gasteiger partial charge is 0.256 e. The van der Waals surface area contributed by atoms with Crippen LogP contribution in [0.1, 0.15) is 5.76 Å². The molecule has 1 aromatic rings. The SMILES string of the molecule is CN(C)CCN(Cc1ccco1)C(=O)C1=CN2CCS(=O)(=O)N=C2C=C1. The summed E-state index contributed by atoms with van der Waals surface area (Å²) in [5.41, 5.74) is 0.494. The molecule has 2 aliphatic rings. The van der Waals surface area contributed by atoms with Gasteiger partial charge < -0.3 is 19.1 Å². The molecular weight excluding hydrogens is 356 g/mol. The van der Waals surface area contributed by atoms with Crippen molar-refractivity contribution in [2.75, 3.05) is 39.5 Å². The summed E-state index contributed by atoms with van der Waals surface area (Å²) in [6, 6.07) is 3.63. The lowest BCUT2D eigenvalue weighted by molar-refractivity contribution is -0.127. The van der Waals surface area contributed by atoms with Crippen molar-refractivity contribution in [2.24, 2.45) is 4.40 Å². The lowest BCUT2D eigenvalue weighted by atomic mass is 10.1. The van der Waals surface area contributed by atoms with E-state index in [2.05, 4.69) is 4.40 Å². The van der Waals surface area contributed by atoms with Crippen LogP contribution in [-0.4, -0.2) is 74.3 Å². The van der Waals surface area contributed by atoms with Crippen molar-refractivity contribution >= 4 is 21.8 Å². The first-order valence-corrected chi connectivity index (χ1v) is 9.90. The number of nitrogens with zero attached hydrogens (tertiary/aromatic N) is 4. The molecule has 0 fully saturated rings. The van der Waals surface area contributed by atoms with E-state index < -0.39 is 10.0 Å². The van der Waals surface area contributed by atoms with E-state index in [1.165, 1.54) is 0 Å². The fourth-order valence-electron chi connectivity index (χ4n) is 2.67. The Hall–Kier alpha value is -2.39. The summed E-state index contributed by atoms with van der Waals surface area (Å²) in [6.45, 7) is 1.93. The predicted octanol–water partition coefficient (Wildman–Crippen LogP) is 0.667. The maximum Gasteiger partial charge on any atom is 0.256 e. The zero-order chi connectivity index (χ0) is 18.7. The van der Waals surface area contributed by atoms with Gasteiger partial charge in [-0.2, -0.15) is 0 Å². The number of sulfonamides is 1. The van der Waals surface area contributed by atoms with Crippen molar-refractivity contribution in [2.45, 2.75) is 6.54 Å². The lowest BCUT2D eigenvalue weighted by Gasteiger charge is -2.29. The first-order valence-electron chi connectivity index (χ1n) is 8.30. The summed E-state index contributed by atoms with van der Waals surface area (Å²) < 4.78 is 32.3. The van der Waals surface area contributed by atoms with Crippen LogP contribution in [0.3, 0.4) is 0 Å². The minimum absolute atomic E-state index is 0.0565. The highest BCUT2D eigenvalue weighted by Gasteiger charge is 2.27. The minimum Gasteiger partial charge on any atom is -0.467 e. The summed E-state index contributed by atoms with van der Waals surface area (Å²) in [5, 5.41) is 0. The van der Waals surface area contributed by atoms with Gasteiger partial charge in [0.2, 0.25) is 0 Å². The van der Waals surface area contributed by atoms with E-state index in [4.69, 9.17) is 4.42 Å². The van der Waals surface area contributed by atoms with Crippen molar-refractivity contribution in [3.63, 3.8) is 0 Å². The third-order valence-corrected chi connectivity index (χ3v) is 5.27. The van der Waals surface area contributed by atoms with Gasteiger partial charge in [0.25, 0.3) is 15.9 Å². The Morgan fingerprint density at radius 3 is 2.81 bits per heavy atom. The average molecular weight is 378 g/mol. The number of likely N-dealkylation sites (N-methyl/N-ethyl adjacent to an activating group) is 1. The van der Waals surface area contributed by atoms with Gasteiger partial charge in [-0.3, -0.25) is 4.79 Å². The molecular formula is C17H22N4O4S. The summed E-state index contributed by atoms with van der Waals surface area (Å²) in [4.78, 5) is 18.4. The van der Waals surface area contributed by atoms with Crippen LogP contribution in [0.4, 0.5) is 0 Å². The van der Waals surface area contributed by atoms with Crippen LogP contribution in [0, 0.1) is 0 Å². The highest BCUT2D eigenvalue weighted by molar-refractivity contribution is 7.90. The highest BCUT2D eigenvalue weighted by Crippen LogP contribution is 2.18. The fourth-order valence-corrected chi connectivity index (χ4v) is 3.64. The molecule has 0 saturated carbocycles. The van der Waals surface area contributed by atoms with Gasteiger partial charge in [0.15, 0.2) is 0 Å². The van der Waals surface area contributed by atoms with Crippen molar-refractivity contribution < 1.29 is 17.6 Å². The highest BCUT2D eigenvalue weighted by atomic mass is 32.2. The van der Waals surface area contributed by atoms with Gasteiger partial charge in [-0.1, -0.05) is 0 Å². The van der Waals surface area contributed by atoms with E-state index in [-0.39, 0.29) is 18.2 Å². The van der Waals surface area contributed by atoms with Gasteiger partial charge in [0, 0.05) is 25.8 Å². The van der Waals surface area contributed by atoms with Crippen LogP contribution >= 0.6 is 0 Å². The van der Waals surface area contributed by atoms with Crippen LogP contribution in [0.2, 0.25) is 0 Å². The quantitative estimate of drug-likeness (QED) is 0.723. The molecule has 0 aromatic carbocycles. The molecule has 3 rings (SSSR count). The lowest BCUT2D eigenvalue weighted by Crippen LogP contribution is -2.40. The van der Waals surface area contributed by atoms with Gasteiger partial charge in [0.1, 0.15) is 11.6 Å². The maximum atomic E-state index is 13.0. The van der Waals surface area contributed by atoms with Gasteiger partial charge >= 0.3 is 0 Å². The molecule has 9 heteroatoms. The molecule has 140 valence electrons. The third kappa shape index (κ3) is 4.41. The Kier molecular flexibility index (Phi) is 5.28. The van der Waals surface area contributed by atoms with Crippen LogP contribution in [-0.2, 0) is 21.4 Å². The molecule has 2 aliphatic heterocycles. The van der Waals surface area contributed by atoms with E-state index in [0.717, 1.165) is 6.54 Å². The molecule has 3 heterocycles. The van der Waals surface area contributed by atoms with Crippen LogP contribution in [0.25, 0.3) is 0 Å². The molecule has 0 spiro atoms. The number of carbonyl (C=O) groups excluding carboxylic acids is 1. The van der Waals surface area contributed by atoms with Gasteiger partial charge in [-0.05, 0) is 38.4 Å². The van der Waals surface area contributed by atoms with E-state index in [0.29, 0.717) is 30.3 Å². The number of furan rings is 1. The minimum atomic E-state index is -3.41. The molecule has 1 aromatic heterocycles. The number of rotatable bonds is 6.